The Labute approximate surface area is 118 Å². The minimum atomic E-state index is -0.343. The summed E-state index contributed by atoms with van der Waals surface area (Å²) in [6.07, 6.45) is 3.69. The van der Waals surface area contributed by atoms with Gasteiger partial charge in [0.2, 0.25) is 5.91 Å². The molecule has 2 fully saturated rings. The van der Waals surface area contributed by atoms with Crippen LogP contribution >= 0.6 is 0 Å². The zero-order valence-corrected chi connectivity index (χ0v) is 11.1. The van der Waals surface area contributed by atoms with Crippen molar-refractivity contribution in [2.75, 3.05) is 18.0 Å². The largest absolute Gasteiger partial charge is 0.367 e. The standard InChI is InChI=1S/C15H16N4O/c1-11-8-15(14(20)17-11)5-7-18(10-15)13-9-16-19-6-3-2-4-12(13)19/h2-4,6,9H,1,5,7-8,10H2,(H,17,20)/i6T. The second-order valence-corrected chi connectivity index (χ2v) is 5.67. The van der Waals surface area contributed by atoms with Crippen LogP contribution in [0.2, 0.25) is 0 Å². The number of carbonyl (C=O) groups is 1. The van der Waals surface area contributed by atoms with Crippen LogP contribution in [0.3, 0.4) is 0 Å². The summed E-state index contributed by atoms with van der Waals surface area (Å²) in [6.45, 7) is 5.39. The molecule has 5 heteroatoms. The minimum absolute atomic E-state index is 0.0904. The van der Waals surface area contributed by atoms with Crippen LogP contribution < -0.4 is 10.2 Å². The van der Waals surface area contributed by atoms with Crippen LogP contribution in [0.25, 0.3) is 5.52 Å². The van der Waals surface area contributed by atoms with Crippen LogP contribution in [-0.4, -0.2) is 28.6 Å². The van der Waals surface area contributed by atoms with Crippen molar-refractivity contribution in [3.63, 3.8) is 0 Å². The maximum atomic E-state index is 12.2. The molecule has 1 N–H and O–H groups in total. The fourth-order valence-corrected chi connectivity index (χ4v) is 3.34. The molecule has 1 unspecified atom stereocenters. The summed E-state index contributed by atoms with van der Waals surface area (Å²) in [5, 5.41) is 7.13. The fourth-order valence-electron chi connectivity index (χ4n) is 3.34. The molecule has 2 aromatic rings. The Morgan fingerprint density at radius 3 is 3.20 bits per heavy atom. The Bertz CT molecular complexity index is 768. The number of rotatable bonds is 1. The maximum Gasteiger partial charge on any atom is 0.232 e. The van der Waals surface area contributed by atoms with Crippen molar-refractivity contribution in [3.05, 3.63) is 42.8 Å². The number of carbonyl (C=O) groups excluding carboxylic acids is 1. The lowest BCUT2D eigenvalue weighted by Gasteiger charge is -2.21. The van der Waals surface area contributed by atoms with Crippen molar-refractivity contribution in [3.8, 4) is 0 Å². The van der Waals surface area contributed by atoms with E-state index < -0.39 is 0 Å². The second-order valence-electron chi connectivity index (χ2n) is 5.67. The molecule has 1 spiro atoms. The molecular formula is C15H16N4O. The Hall–Kier alpha value is -2.30. The second kappa shape index (κ2) is 3.85. The van der Waals surface area contributed by atoms with Gasteiger partial charge < -0.3 is 10.2 Å². The van der Waals surface area contributed by atoms with Gasteiger partial charge in [0.05, 0.1) is 24.2 Å². The van der Waals surface area contributed by atoms with Crippen LogP contribution in [0.4, 0.5) is 5.69 Å². The molecule has 0 bridgehead atoms. The molecule has 2 saturated heterocycles. The van der Waals surface area contributed by atoms with E-state index in [1.165, 1.54) is 0 Å². The van der Waals surface area contributed by atoms with Crippen LogP contribution in [-0.2, 0) is 4.79 Å². The van der Waals surface area contributed by atoms with Crippen molar-refractivity contribution in [2.45, 2.75) is 12.8 Å². The molecule has 4 rings (SSSR count). The molecule has 2 aromatic heterocycles. The van der Waals surface area contributed by atoms with Gasteiger partial charge in [0.15, 0.2) is 0 Å². The minimum Gasteiger partial charge on any atom is -0.367 e. The summed E-state index contributed by atoms with van der Waals surface area (Å²) in [7, 11) is 0. The van der Waals surface area contributed by atoms with E-state index in [-0.39, 0.29) is 11.3 Å². The highest BCUT2D eigenvalue weighted by Gasteiger charge is 2.49. The number of amides is 1. The molecule has 0 saturated carbocycles. The smallest absolute Gasteiger partial charge is 0.232 e. The maximum absolute atomic E-state index is 12.2. The van der Waals surface area contributed by atoms with E-state index in [9.17, 15) is 4.79 Å². The lowest BCUT2D eigenvalue weighted by atomic mass is 9.85. The topological polar surface area (TPSA) is 49.6 Å². The first-order chi connectivity index (χ1) is 10.1. The molecule has 1 amide bonds. The highest BCUT2D eigenvalue weighted by atomic mass is 16.2. The molecule has 102 valence electrons. The summed E-state index contributed by atoms with van der Waals surface area (Å²) >= 11 is 0. The van der Waals surface area contributed by atoms with Gasteiger partial charge in [-0.3, -0.25) is 4.79 Å². The summed E-state index contributed by atoms with van der Waals surface area (Å²) in [5.74, 6) is 0.0904. The third-order valence-corrected chi connectivity index (χ3v) is 4.35. The summed E-state index contributed by atoms with van der Waals surface area (Å²) in [4.78, 5) is 14.4. The molecular weight excluding hydrogens is 252 g/mol. The zero-order chi connectivity index (χ0) is 14.6. The van der Waals surface area contributed by atoms with E-state index >= 15 is 0 Å². The number of fused-ring (bicyclic) bond motifs is 1. The summed E-state index contributed by atoms with van der Waals surface area (Å²) in [5.41, 5.74) is 2.38. The molecule has 0 aromatic carbocycles. The molecule has 4 heterocycles. The van der Waals surface area contributed by atoms with Crippen molar-refractivity contribution in [2.24, 2.45) is 5.41 Å². The zero-order valence-electron chi connectivity index (χ0n) is 12.1. The molecule has 0 radical (unpaired) electrons. The average molecular weight is 270 g/mol. The van der Waals surface area contributed by atoms with E-state index in [1.54, 1.807) is 16.8 Å². The number of pyridine rings is 1. The Balaban J connectivity index is 1.70. The van der Waals surface area contributed by atoms with Crippen LogP contribution in [0.1, 0.15) is 14.2 Å². The van der Waals surface area contributed by atoms with Crippen LogP contribution in [0.15, 0.2) is 42.8 Å². The van der Waals surface area contributed by atoms with Gasteiger partial charge in [-0.25, -0.2) is 4.52 Å². The first kappa shape index (κ1) is 10.5. The van der Waals surface area contributed by atoms with Gasteiger partial charge in [-0.1, -0.05) is 12.6 Å². The number of hydrogen-bond donors (Lipinski definition) is 1. The van der Waals surface area contributed by atoms with E-state index in [2.05, 4.69) is 21.9 Å². The van der Waals surface area contributed by atoms with E-state index in [4.69, 9.17) is 1.37 Å². The Kier molecular flexibility index (Phi) is 2.02. The van der Waals surface area contributed by atoms with Crippen molar-refractivity contribution in [1.29, 1.82) is 0 Å². The summed E-state index contributed by atoms with van der Waals surface area (Å²) < 4.78 is 9.49. The van der Waals surface area contributed by atoms with Crippen LogP contribution in [0.5, 0.6) is 0 Å². The first-order valence-electron chi connectivity index (χ1n) is 7.27. The average Bonchev–Trinajstić information content (AvgIpc) is 3.10. The Morgan fingerprint density at radius 1 is 1.50 bits per heavy atom. The lowest BCUT2D eigenvalue weighted by molar-refractivity contribution is -0.126. The first-order valence-corrected chi connectivity index (χ1v) is 6.77. The predicted octanol–water partition coefficient (Wildman–Crippen LogP) is 1.56. The number of aromatic nitrogens is 2. The Morgan fingerprint density at radius 2 is 2.40 bits per heavy atom. The monoisotopic (exact) mass is 270 g/mol. The van der Waals surface area contributed by atoms with Gasteiger partial charge in [-0.15, -0.1) is 0 Å². The molecule has 5 nitrogen and oxygen atoms in total. The quantitative estimate of drug-likeness (QED) is 0.855. The third kappa shape index (κ3) is 1.49. The number of nitrogens with one attached hydrogen (secondary N) is 1. The normalized spacial score (nSPS) is 26.6. The van der Waals surface area contributed by atoms with Gasteiger partial charge in [0.1, 0.15) is 0 Å². The van der Waals surface area contributed by atoms with E-state index in [0.29, 0.717) is 19.1 Å². The molecule has 2 aliphatic rings. The van der Waals surface area contributed by atoms with Crippen LogP contribution in [0, 0.1) is 5.41 Å². The van der Waals surface area contributed by atoms with Crippen molar-refractivity contribution >= 4 is 17.1 Å². The lowest BCUT2D eigenvalue weighted by Crippen LogP contribution is -2.34. The van der Waals surface area contributed by atoms with Gasteiger partial charge >= 0.3 is 0 Å². The number of allylic oxidation sites excluding steroid dienone is 1. The SMILES string of the molecule is [3H]c1cccc2c(N3CCC4(CC(=C)NC4=O)C3)cnn12. The third-order valence-electron chi connectivity index (χ3n) is 4.35. The predicted molar refractivity (Wildman–Crippen MR) is 76.4 cm³/mol. The molecule has 2 aliphatic heterocycles. The number of nitrogens with zero attached hydrogens (tertiary/aromatic N) is 3. The highest BCUT2D eigenvalue weighted by Crippen LogP contribution is 2.42. The summed E-state index contributed by atoms with van der Waals surface area (Å²) in [6, 6.07) is 5.53. The molecule has 1 atom stereocenters. The van der Waals surface area contributed by atoms with Gasteiger partial charge in [-0.05, 0) is 18.6 Å². The molecule has 20 heavy (non-hydrogen) atoms. The van der Waals surface area contributed by atoms with Crippen molar-refractivity contribution < 1.29 is 6.17 Å². The van der Waals surface area contributed by atoms with Gasteiger partial charge in [0.25, 0.3) is 0 Å². The fraction of sp³-hybridized carbons (Fsp3) is 0.333. The number of hydrogen-bond acceptors (Lipinski definition) is 3. The molecule has 0 aliphatic carbocycles. The van der Waals surface area contributed by atoms with E-state index in [0.717, 1.165) is 29.9 Å². The van der Waals surface area contributed by atoms with E-state index in [1.807, 2.05) is 12.1 Å². The van der Waals surface area contributed by atoms with Gasteiger partial charge in [-0.2, -0.15) is 5.10 Å². The van der Waals surface area contributed by atoms with Crippen molar-refractivity contribution in [1.82, 2.24) is 14.9 Å². The highest BCUT2D eigenvalue weighted by molar-refractivity contribution is 5.89. The number of anilines is 1. The van der Waals surface area contributed by atoms with Gasteiger partial charge in [0, 0.05) is 31.4 Å².